The normalized spacial score (nSPS) is 23.8. The van der Waals surface area contributed by atoms with Gasteiger partial charge in [-0.3, -0.25) is 19.2 Å². The quantitative estimate of drug-likeness (QED) is 0.351. The maximum absolute atomic E-state index is 14.7. The lowest BCUT2D eigenvalue weighted by Crippen LogP contribution is -2.46. The molecule has 2 saturated heterocycles. The third-order valence-corrected chi connectivity index (χ3v) is 7.59. The summed E-state index contributed by atoms with van der Waals surface area (Å²) in [7, 11) is 0. The van der Waals surface area contributed by atoms with E-state index in [9.17, 15) is 23.6 Å². The Labute approximate surface area is 222 Å². The number of nitrogens with zero attached hydrogens (tertiary/aromatic N) is 2. The van der Waals surface area contributed by atoms with Gasteiger partial charge in [0.25, 0.3) is 0 Å². The van der Waals surface area contributed by atoms with E-state index in [0.717, 1.165) is 4.90 Å². The van der Waals surface area contributed by atoms with Crippen LogP contribution in [-0.4, -0.2) is 40.4 Å². The Hall–Kier alpha value is -4.36. The fraction of sp³-hybridized carbons (Fsp3) is 0.133. The molecule has 0 saturated carbocycles. The highest BCUT2D eigenvalue weighted by Gasteiger charge is 2.63. The molecule has 3 aliphatic rings. The standard InChI is InChI=1S/C30H20ClFN2O4/c31-20-12-10-18(11-13-20)28(36)26-25-24(29(37)34(30(25)38)22-9-5-4-8-21(22)32)23-16-19(14-15-33(23)26)27(35)17-6-2-1-3-7-17/h1-16,23-26H/t23-,24+,25+,26-/m1/s1. The zero-order valence-electron chi connectivity index (χ0n) is 19.8. The van der Waals surface area contributed by atoms with Crippen LogP contribution < -0.4 is 4.90 Å². The Bertz CT molecular complexity index is 1550. The van der Waals surface area contributed by atoms with E-state index in [0.29, 0.717) is 21.7 Å². The minimum atomic E-state index is -1.07. The fourth-order valence-electron chi connectivity index (χ4n) is 5.61. The molecule has 0 aromatic heterocycles. The van der Waals surface area contributed by atoms with Crippen LogP contribution in [0.2, 0.25) is 5.02 Å². The average Bonchev–Trinajstić information content (AvgIpc) is 3.41. The van der Waals surface area contributed by atoms with Gasteiger partial charge in [-0.2, -0.15) is 0 Å². The summed E-state index contributed by atoms with van der Waals surface area (Å²) in [6.07, 6.45) is 4.84. The third-order valence-electron chi connectivity index (χ3n) is 7.34. The van der Waals surface area contributed by atoms with Crippen molar-refractivity contribution in [1.82, 2.24) is 4.90 Å². The van der Waals surface area contributed by atoms with E-state index < -0.39 is 41.6 Å². The van der Waals surface area contributed by atoms with Gasteiger partial charge in [0, 0.05) is 27.9 Å². The van der Waals surface area contributed by atoms with Gasteiger partial charge >= 0.3 is 0 Å². The highest BCUT2D eigenvalue weighted by molar-refractivity contribution is 6.30. The number of halogens is 2. The molecule has 0 bridgehead atoms. The Kier molecular flexibility index (Phi) is 5.80. The SMILES string of the molecule is O=C(C1=C[C@@H]2[C@@H]3C(=O)N(c4ccccc4F)C(=O)[C@@H]3[C@H](C(=O)c3ccc(Cl)cc3)N2C=C1)c1ccccc1. The first-order valence-electron chi connectivity index (χ1n) is 12.1. The van der Waals surface area contributed by atoms with Crippen molar-refractivity contribution in [3.63, 3.8) is 0 Å². The van der Waals surface area contributed by atoms with Gasteiger partial charge < -0.3 is 4.90 Å². The lowest BCUT2D eigenvalue weighted by atomic mass is 9.85. The summed E-state index contributed by atoms with van der Waals surface area (Å²) >= 11 is 6.00. The molecule has 0 N–H and O–H groups in total. The minimum Gasteiger partial charge on any atom is -0.359 e. The molecule has 3 aromatic rings. The fourth-order valence-corrected chi connectivity index (χ4v) is 5.74. The van der Waals surface area contributed by atoms with Crippen LogP contribution in [0.15, 0.2) is 103 Å². The molecule has 3 aromatic carbocycles. The van der Waals surface area contributed by atoms with Gasteiger partial charge in [0.05, 0.1) is 23.6 Å². The van der Waals surface area contributed by atoms with Crippen molar-refractivity contribution in [2.45, 2.75) is 12.1 Å². The van der Waals surface area contributed by atoms with Crippen molar-refractivity contribution in [2.75, 3.05) is 4.90 Å². The predicted molar refractivity (Wildman–Crippen MR) is 139 cm³/mol. The van der Waals surface area contributed by atoms with Gasteiger partial charge in [-0.25, -0.2) is 9.29 Å². The molecule has 8 heteroatoms. The van der Waals surface area contributed by atoms with Crippen LogP contribution in [-0.2, 0) is 9.59 Å². The molecule has 38 heavy (non-hydrogen) atoms. The van der Waals surface area contributed by atoms with Gasteiger partial charge in [0.1, 0.15) is 11.9 Å². The Balaban J connectivity index is 1.44. The van der Waals surface area contributed by atoms with Crippen molar-refractivity contribution >= 4 is 40.7 Å². The van der Waals surface area contributed by atoms with E-state index >= 15 is 0 Å². The average molecular weight is 527 g/mol. The van der Waals surface area contributed by atoms with Gasteiger partial charge in [0.15, 0.2) is 11.6 Å². The topological polar surface area (TPSA) is 74.8 Å². The number of hydrogen-bond acceptors (Lipinski definition) is 5. The zero-order valence-corrected chi connectivity index (χ0v) is 20.6. The van der Waals surface area contributed by atoms with Crippen LogP contribution >= 0.6 is 11.6 Å². The van der Waals surface area contributed by atoms with E-state index in [4.69, 9.17) is 11.6 Å². The second-order valence-electron chi connectivity index (χ2n) is 9.40. The van der Waals surface area contributed by atoms with E-state index in [1.165, 1.54) is 24.3 Å². The molecule has 0 aliphatic carbocycles. The maximum atomic E-state index is 14.7. The second-order valence-corrected chi connectivity index (χ2v) is 9.84. The first-order chi connectivity index (χ1) is 18.4. The van der Waals surface area contributed by atoms with Crippen LogP contribution in [0.5, 0.6) is 0 Å². The van der Waals surface area contributed by atoms with Crippen LogP contribution in [0.4, 0.5) is 10.1 Å². The molecule has 0 radical (unpaired) electrons. The molecule has 188 valence electrons. The molecule has 4 atom stereocenters. The number of carbonyl (C=O) groups excluding carboxylic acids is 4. The number of Topliss-reactive ketones (excluding diaryl/α,β-unsaturated/α-hetero) is 2. The Morgan fingerprint density at radius 3 is 2.16 bits per heavy atom. The largest absolute Gasteiger partial charge is 0.359 e. The van der Waals surface area contributed by atoms with E-state index in [-0.39, 0.29) is 17.3 Å². The summed E-state index contributed by atoms with van der Waals surface area (Å²) in [5.41, 5.74) is 0.992. The maximum Gasteiger partial charge on any atom is 0.240 e. The predicted octanol–water partition coefficient (Wildman–Crippen LogP) is 4.86. The van der Waals surface area contributed by atoms with Crippen molar-refractivity contribution in [2.24, 2.45) is 11.8 Å². The number of imide groups is 1. The molecule has 3 aliphatic heterocycles. The third kappa shape index (κ3) is 3.70. The highest BCUT2D eigenvalue weighted by atomic mass is 35.5. The molecule has 0 spiro atoms. The van der Waals surface area contributed by atoms with Gasteiger partial charge in [-0.15, -0.1) is 0 Å². The summed E-state index contributed by atoms with van der Waals surface area (Å²) in [5, 5.41) is 0.450. The number of rotatable bonds is 5. The summed E-state index contributed by atoms with van der Waals surface area (Å²) in [6, 6.07) is 18.8. The van der Waals surface area contributed by atoms with E-state index in [1.54, 1.807) is 77.8 Å². The molecular formula is C30H20ClFN2O4. The second kappa shape index (κ2) is 9.19. The number of hydrogen-bond donors (Lipinski definition) is 0. The number of para-hydroxylation sites is 1. The first-order valence-corrected chi connectivity index (χ1v) is 12.4. The van der Waals surface area contributed by atoms with Gasteiger partial charge in [0.2, 0.25) is 11.8 Å². The van der Waals surface area contributed by atoms with Gasteiger partial charge in [-0.05, 0) is 42.5 Å². The Morgan fingerprint density at radius 1 is 0.789 bits per heavy atom. The number of benzene rings is 3. The molecule has 6 rings (SSSR count). The Morgan fingerprint density at radius 2 is 1.45 bits per heavy atom. The summed E-state index contributed by atoms with van der Waals surface area (Å²) < 4.78 is 14.7. The van der Waals surface area contributed by atoms with Crippen molar-refractivity contribution in [3.05, 3.63) is 125 Å². The number of anilines is 1. The minimum absolute atomic E-state index is 0.156. The molecule has 3 heterocycles. The van der Waals surface area contributed by atoms with Crippen molar-refractivity contribution in [3.8, 4) is 0 Å². The molecule has 0 unspecified atom stereocenters. The van der Waals surface area contributed by atoms with Crippen molar-refractivity contribution < 1.29 is 23.6 Å². The lowest BCUT2D eigenvalue weighted by Gasteiger charge is -2.32. The zero-order chi connectivity index (χ0) is 26.6. The van der Waals surface area contributed by atoms with Gasteiger partial charge in [-0.1, -0.05) is 60.1 Å². The monoisotopic (exact) mass is 526 g/mol. The number of carbonyl (C=O) groups is 4. The first kappa shape index (κ1) is 24.0. The molecular weight excluding hydrogens is 507 g/mol. The van der Waals surface area contributed by atoms with E-state index in [2.05, 4.69) is 0 Å². The van der Waals surface area contributed by atoms with Crippen LogP contribution in [0.25, 0.3) is 0 Å². The smallest absolute Gasteiger partial charge is 0.240 e. The summed E-state index contributed by atoms with van der Waals surface area (Å²) in [5.74, 6) is -4.63. The number of fused-ring (bicyclic) bond motifs is 3. The number of allylic oxidation sites excluding steroid dienone is 2. The lowest BCUT2D eigenvalue weighted by molar-refractivity contribution is -0.123. The molecule has 2 amide bonds. The van der Waals surface area contributed by atoms with Crippen LogP contribution in [0, 0.1) is 17.7 Å². The summed E-state index contributed by atoms with van der Waals surface area (Å²) in [6.45, 7) is 0. The summed E-state index contributed by atoms with van der Waals surface area (Å²) in [4.78, 5) is 57.0. The van der Waals surface area contributed by atoms with Crippen LogP contribution in [0.1, 0.15) is 20.7 Å². The highest BCUT2D eigenvalue weighted by Crippen LogP contribution is 2.47. The molecule has 2 fully saturated rings. The number of ketones is 2. The molecule has 6 nitrogen and oxygen atoms in total. The van der Waals surface area contributed by atoms with Crippen LogP contribution in [0.3, 0.4) is 0 Å². The van der Waals surface area contributed by atoms with Crippen molar-refractivity contribution in [1.29, 1.82) is 0 Å². The number of amides is 2. The van der Waals surface area contributed by atoms with E-state index in [1.807, 2.05) is 0 Å².